The third-order valence-corrected chi connectivity index (χ3v) is 6.64. The second-order valence-corrected chi connectivity index (χ2v) is 9.23. The molecular weight excluding hydrogens is 478 g/mol. The minimum atomic E-state index is -0.584. The molecule has 8 heteroatoms. The third kappa shape index (κ3) is 4.65. The smallest absolute Gasteiger partial charge is 0.303 e. The predicted octanol–water partition coefficient (Wildman–Crippen LogP) is 4.34. The molecule has 1 aromatic heterocycles. The van der Waals surface area contributed by atoms with Crippen LogP contribution in [0.3, 0.4) is 0 Å². The van der Waals surface area contributed by atoms with Gasteiger partial charge in [0.25, 0.3) is 11.5 Å². The number of para-hydroxylation sites is 1. The molecule has 2 N–H and O–H groups in total. The summed E-state index contributed by atoms with van der Waals surface area (Å²) in [6.45, 7) is 3.93. The molecule has 188 valence electrons. The second-order valence-electron chi connectivity index (χ2n) is 9.23. The largest absolute Gasteiger partial charge is 0.329 e. The van der Waals surface area contributed by atoms with Gasteiger partial charge in [-0.1, -0.05) is 54.6 Å². The third-order valence-electron chi connectivity index (χ3n) is 6.64. The Morgan fingerprint density at radius 1 is 0.921 bits per heavy atom. The number of nitrogens with one attached hydrogen (secondary N) is 2. The first-order valence-electron chi connectivity index (χ1n) is 12.1. The molecule has 1 aliphatic rings. The number of rotatable bonds is 6. The van der Waals surface area contributed by atoms with Crippen LogP contribution in [0.4, 0.5) is 4.79 Å². The van der Waals surface area contributed by atoms with Gasteiger partial charge in [-0.25, -0.2) is 9.48 Å². The molecule has 0 saturated carbocycles. The first-order chi connectivity index (χ1) is 18.4. The van der Waals surface area contributed by atoms with E-state index in [-0.39, 0.29) is 17.8 Å². The van der Waals surface area contributed by atoms with Gasteiger partial charge in [0.2, 0.25) is 0 Å². The van der Waals surface area contributed by atoms with E-state index in [1.54, 1.807) is 24.3 Å². The maximum absolute atomic E-state index is 13.7. The van der Waals surface area contributed by atoms with E-state index in [2.05, 4.69) is 16.5 Å². The highest BCUT2D eigenvalue weighted by atomic mass is 16.2. The topological polar surface area (TPSA) is 111 Å². The Morgan fingerprint density at radius 3 is 2.39 bits per heavy atom. The molecule has 3 aromatic carbocycles. The summed E-state index contributed by atoms with van der Waals surface area (Å²) < 4.78 is 1.47. The lowest BCUT2D eigenvalue weighted by Crippen LogP contribution is -2.30. The Hall–Kier alpha value is -5.16. The Morgan fingerprint density at radius 2 is 1.66 bits per heavy atom. The zero-order chi connectivity index (χ0) is 26.8. The van der Waals surface area contributed by atoms with E-state index in [1.807, 2.05) is 62.4 Å². The molecule has 0 aliphatic carbocycles. The molecule has 1 aliphatic heterocycles. The molecule has 0 unspecified atom stereocenters. The highest BCUT2D eigenvalue weighted by Gasteiger charge is 2.34. The summed E-state index contributed by atoms with van der Waals surface area (Å²) >= 11 is 0. The van der Waals surface area contributed by atoms with Gasteiger partial charge in [-0.3, -0.25) is 19.6 Å². The summed E-state index contributed by atoms with van der Waals surface area (Å²) in [6, 6.07) is 23.6. The van der Waals surface area contributed by atoms with Crippen molar-refractivity contribution in [2.75, 3.05) is 0 Å². The molecule has 8 nitrogen and oxygen atoms in total. The average Bonchev–Trinajstić information content (AvgIpc) is 3.36. The zero-order valence-corrected chi connectivity index (χ0v) is 21.0. The quantitative estimate of drug-likeness (QED) is 0.301. The number of aryl methyl sites for hydroxylation is 2. The monoisotopic (exact) mass is 503 g/mol. The van der Waals surface area contributed by atoms with Gasteiger partial charge in [-0.05, 0) is 60.4 Å². The Labute approximate surface area is 219 Å². The fourth-order valence-corrected chi connectivity index (χ4v) is 4.54. The molecule has 3 amide bonds. The molecule has 1 saturated heterocycles. The van der Waals surface area contributed by atoms with Crippen LogP contribution in [-0.2, 0) is 17.8 Å². The van der Waals surface area contributed by atoms with Crippen LogP contribution in [0.25, 0.3) is 11.8 Å². The fourth-order valence-electron chi connectivity index (χ4n) is 4.54. The van der Waals surface area contributed by atoms with Crippen molar-refractivity contribution in [1.29, 1.82) is 5.26 Å². The molecule has 1 fully saturated rings. The normalized spacial score (nSPS) is 14.1. The molecule has 38 heavy (non-hydrogen) atoms. The molecular formula is C30H25N5O3. The molecule has 0 spiro atoms. The van der Waals surface area contributed by atoms with Crippen LogP contribution in [0, 0.1) is 25.2 Å². The number of H-pyrrole nitrogens is 1. The van der Waals surface area contributed by atoms with Gasteiger partial charge in [-0.15, -0.1) is 0 Å². The minimum Gasteiger partial charge on any atom is -0.303 e. The summed E-state index contributed by atoms with van der Waals surface area (Å²) in [5.74, 6) is -0.540. The van der Waals surface area contributed by atoms with Gasteiger partial charge in [0, 0.05) is 12.1 Å². The number of urea groups is 1. The minimum absolute atomic E-state index is 0.00811. The van der Waals surface area contributed by atoms with Gasteiger partial charge in [-0.2, -0.15) is 5.26 Å². The van der Waals surface area contributed by atoms with Crippen LogP contribution < -0.4 is 10.9 Å². The Balaban J connectivity index is 1.55. The van der Waals surface area contributed by atoms with Crippen LogP contribution in [0.2, 0.25) is 0 Å². The summed E-state index contributed by atoms with van der Waals surface area (Å²) in [5.41, 5.74) is 5.44. The number of nitrogens with zero attached hydrogens (tertiary/aromatic N) is 3. The lowest BCUT2D eigenvalue weighted by molar-refractivity contribution is -0.123. The van der Waals surface area contributed by atoms with Crippen molar-refractivity contribution in [3.05, 3.63) is 128 Å². The standard InChI is InChI=1S/C30H25N5O3/c1-19-8-3-5-12-23(19)15-25-24(28(36)35(33-25)27-13-6-4-9-20(27)2)16-26-29(37)34(30(38)32-26)18-22-11-7-10-21(14-22)17-31/h3-14,16,33H,15,18H2,1-2H3,(H,32,38)/b26-16-. The average molecular weight is 504 g/mol. The Bertz CT molecular complexity index is 1700. The first-order valence-corrected chi connectivity index (χ1v) is 12.1. The lowest BCUT2D eigenvalue weighted by Gasteiger charge is -2.11. The summed E-state index contributed by atoms with van der Waals surface area (Å²) in [5, 5.41) is 15.0. The van der Waals surface area contributed by atoms with Crippen LogP contribution in [0.5, 0.6) is 0 Å². The highest BCUT2D eigenvalue weighted by molar-refractivity contribution is 6.13. The van der Waals surface area contributed by atoms with Crippen LogP contribution in [-0.4, -0.2) is 26.6 Å². The maximum Gasteiger partial charge on any atom is 0.329 e. The van der Waals surface area contributed by atoms with E-state index in [0.29, 0.717) is 34.5 Å². The number of hydrogen-bond acceptors (Lipinski definition) is 4. The van der Waals surface area contributed by atoms with Crippen molar-refractivity contribution < 1.29 is 9.59 Å². The summed E-state index contributed by atoms with van der Waals surface area (Å²) in [4.78, 5) is 40.7. The number of hydrogen-bond donors (Lipinski definition) is 2. The number of imide groups is 1. The highest BCUT2D eigenvalue weighted by Crippen LogP contribution is 2.21. The molecule has 0 atom stereocenters. The van der Waals surface area contributed by atoms with Crippen molar-refractivity contribution in [3.8, 4) is 11.8 Å². The van der Waals surface area contributed by atoms with Crippen LogP contribution in [0.1, 0.15) is 39.1 Å². The van der Waals surface area contributed by atoms with Gasteiger partial charge in [0.15, 0.2) is 0 Å². The van der Waals surface area contributed by atoms with Crippen LogP contribution in [0.15, 0.2) is 83.3 Å². The van der Waals surface area contributed by atoms with Gasteiger partial charge in [0.1, 0.15) is 5.70 Å². The number of aromatic nitrogens is 2. The molecule has 2 heterocycles. The number of carbonyl (C=O) groups is 2. The zero-order valence-electron chi connectivity index (χ0n) is 21.0. The molecule has 0 radical (unpaired) electrons. The maximum atomic E-state index is 13.7. The van der Waals surface area contributed by atoms with Crippen molar-refractivity contribution in [3.63, 3.8) is 0 Å². The van der Waals surface area contributed by atoms with Gasteiger partial charge >= 0.3 is 6.03 Å². The Kier molecular flexibility index (Phi) is 6.50. The first kappa shape index (κ1) is 24.5. The van der Waals surface area contributed by atoms with Gasteiger partial charge < -0.3 is 5.32 Å². The number of amides is 3. The van der Waals surface area contributed by atoms with Crippen molar-refractivity contribution in [2.45, 2.75) is 26.8 Å². The second kappa shape index (κ2) is 10.1. The predicted molar refractivity (Wildman–Crippen MR) is 143 cm³/mol. The van der Waals surface area contributed by atoms with Crippen molar-refractivity contribution >= 4 is 18.0 Å². The van der Waals surface area contributed by atoms with E-state index >= 15 is 0 Å². The lowest BCUT2D eigenvalue weighted by atomic mass is 10.0. The van der Waals surface area contributed by atoms with E-state index in [9.17, 15) is 14.4 Å². The number of carbonyl (C=O) groups excluding carboxylic acids is 2. The van der Waals surface area contributed by atoms with E-state index < -0.39 is 11.9 Å². The summed E-state index contributed by atoms with van der Waals surface area (Å²) in [6.07, 6.45) is 1.89. The number of nitriles is 1. The summed E-state index contributed by atoms with van der Waals surface area (Å²) in [7, 11) is 0. The van der Waals surface area contributed by atoms with E-state index in [4.69, 9.17) is 5.26 Å². The SMILES string of the molecule is Cc1ccccc1Cc1[nH]n(-c2ccccc2C)c(=O)c1/C=C1\NC(=O)N(Cc2cccc(C#N)c2)C1=O. The van der Waals surface area contributed by atoms with Crippen molar-refractivity contribution in [2.24, 2.45) is 0 Å². The van der Waals surface area contributed by atoms with Crippen molar-refractivity contribution in [1.82, 2.24) is 20.0 Å². The molecule has 0 bridgehead atoms. The molecule has 4 aromatic rings. The van der Waals surface area contributed by atoms with Crippen LogP contribution >= 0.6 is 0 Å². The number of aromatic amines is 1. The fraction of sp³-hybridized carbons (Fsp3) is 0.133. The van der Waals surface area contributed by atoms with E-state index in [1.165, 1.54) is 10.8 Å². The van der Waals surface area contributed by atoms with E-state index in [0.717, 1.165) is 21.6 Å². The number of benzene rings is 3. The van der Waals surface area contributed by atoms with Gasteiger partial charge in [0.05, 0.1) is 29.4 Å². The molecule has 5 rings (SSSR count).